The van der Waals surface area contributed by atoms with E-state index >= 15 is 0 Å². The Morgan fingerprint density at radius 3 is 2.25 bits per heavy atom. The van der Waals surface area contributed by atoms with Crippen LogP contribution in [-0.2, 0) is 19.1 Å². The van der Waals surface area contributed by atoms with Gasteiger partial charge in [-0.3, -0.25) is 9.59 Å². The Kier molecular flexibility index (Phi) is 7.59. The number of thioether (sulfide) groups is 1. The molecule has 0 rings (SSSR count). The van der Waals surface area contributed by atoms with Gasteiger partial charge in [-0.2, -0.15) is 0 Å². The lowest BCUT2D eigenvalue weighted by Gasteiger charge is -2.24. The van der Waals surface area contributed by atoms with Gasteiger partial charge in [-0.1, -0.05) is 0 Å². The molecule has 116 valence electrons. The molecule has 20 heavy (non-hydrogen) atoms. The second-order valence-electron chi connectivity index (χ2n) is 5.19. The molecule has 2 amide bonds. The van der Waals surface area contributed by atoms with E-state index in [4.69, 9.17) is 15.6 Å². The summed E-state index contributed by atoms with van der Waals surface area (Å²) in [5.41, 5.74) is 4.41. The molecule has 0 aromatic heterocycles. The van der Waals surface area contributed by atoms with E-state index in [1.54, 1.807) is 20.8 Å². The largest absolute Gasteiger partial charge is 0.458 e. The van der Waals surface area contributed by atoms with Gasteiger partial charge < -0.3 is 20.9 Å². The maximum absolute atomic E-state index is 11.9. The number of amides is 2. The van der Waals surface area contributed by atoms with E-state index in [1.807, 2.05) is 0 Å². The summed E-state index contributed by atoms with van der Waals surface area (Å²) in [6.07, 6.45) is 0. The van der Waals surface area contributed by atoms with Gasteiger partial charge in [-0.25, -0.2) is 4.79 Å². The lowest BCUT2D eigenvalue weighted by molar-refractivity contribution is -0.157. The quantitative estimate of drug-likeness (QED) is 0.541. The molecule has 0 aromatic rings. The van der Waals surface area contributed by atoms with E-state index in [1.165, 1.54) is 6.92 Å². The van der Waals surface area contributed by atoms with Crippen molar-refractivity contribution in [1.82, 2.24) is 5.32 Å². The molecule has 2 atom stereocenters. The van der Waals surface area contributed by atoms with Crippen molar-refractivity contribution >= 4 is 29.5 Å². The molecule has 0 spiro atoms. The maximum atomic E-state index is 11.9. The molecule has 4 N–H and O–H groups in total. The predicted octanol–water partition coefficient (Wildman–Crippen LogP) is -0.588. The van der Waals surface area contributed by atoms with Crippen LogP contribution in [0.3, 0.4) is 0 Å². The molecule has 0 aliphatic heterocycles. The molecule has 0 aliphatic carbocycles. The van der Waals surface area contributed by atoms with E-state index in [-0.39, 0.29) is 11.7 Å². The van der Waals surface area contributed by atoms with Crippen molar-refractivity contribution in [2.24, 2.45) is 5.73 Å². The molecule has 7 nitrogen and oxygen atoms in total. The van der Waals surface area contributed by atoms with Crippen LogP contribution in [-0.4, -0.2) is 52.1 Å². The number of carbonyl (C=O) groups excluding carboxylic acids is 3. The van der Waals surface area contributed by atoms with Crippen molar-refractivity contribution < 1.29 is 24.2 Å². The highest BCUT2D eigenvalue weighted by atomic mass is 32.2. The summed E-state index contributed by atoms with van der Waals surface area (Å²) in [6, 6.07) is -0.898. The molecular formula is C12H22N2O5S. The lowest BCUT2D eigenvalue weighted by atomic mass is 10.2. The third-order valence-electron chi connectivity index (χ3n) is 2.02. The van der Waals surface area contributed by atoms with Crippen molar-refractivity contribution in [3.63, 3.8) is 0 Å². The van der Waals surface area contributed by atoms with Gasteiger partial charge in [0.25, 0.3) is 0 Å². The standard InChI is InChI=1S/C12H22N2O5S/c1-7(16)14-8(11(18)19-12(2,3)4)6-20-9(5-15)10(13)17/h8-9,15H,5-6H2,1-4H3,(H2,13,17)(H,14,16)/t8-,9?/m0/s1. The minimum absolute atomic E-state index is 0.0860. The summed E-state index contributed by atoms with van der Waals surface area (Å²) < 4.78 is 5.18. The number of hydrogen-bond acceptors (Lipinski definition) is 6. The first-order chi connectivity index (χ1) is 9.06. The summed E-state index contributed by atoms with van der Waals surface area (Å²) in [6.45, 7) is 5.98. The van der Waals surface area contributed by atoms with E-state index in [0.717, 1.165) is 11.8 Å². The van der Waals surface area contributed by atoms with Crippen LogP contribution in [0.25, 0.3) is 0 Å². The van der Waals surface area contributed by atoms with Gasteiger partial charge in [-0.15, -0.1) is 11.8 Å². The van der Waals surface area contributed by atoms with Crippen molar-refractivity contribution in [2.45, 2.75) is 44.6 Å². The van der Waals surface area contributed by atoms with Crippen LogP contribution in [0.5, 0.6) is 0 Å². The first-order valence-electron chi connectivity index (χ1n) is 6.08. The summed E-state index contributed by atoms with van der Waals surface area (Å²) in [5, 5.41) is 10.6. The minimum Gasteiger partial charge on any atom is -0.458 e. The molecule has 0 fully saturated rings. The number of carbonyl (C=O) groups is 3. The van der Waals surface area contributed by atoms with E-state index in [0.29, 0.717) is 0 Å². The number of esters is 1. The molecule has 0 aliphatic rings. The second kappa shape index (κ2) is 8.11. The Labute approximate surface area is 122 Å². The van der Waals surface area contributed by atoms with Crippen LogP contribution in [0, 0.1) is 0 Å². The van der Waals surface area contributed by atoms with Gasteiger partial charge in [0.15, 0.2) is 0 Å². The topological polar surface area (TPSA) is 119 Å². The Balaban J connectivity index is 4.68. The van der Waals surface area contributed by atoms with Crippen molar-refractivity contribution in [1.29, 1.82) is 0 Å². The number of nitrogens with one attached hydrogen (secondary N) is 1. The number of aliphatic hydroxyl groups is 1. The average molecular weight is 306 g/mol. The van der Waals surface area contributed by atoms with Gasteiger partial charge in [0, 0.05) is 12.7 Å². The fourth-order valence-electron chi connectivity index (χ4n) is 1.22. The number of hydrogen-bond donors (Lipinski definition) is 3. The van der Waals surface area contributed by atoms with Crippen molar-refractivity contribution in [3.8, 4) is 0 Å². The highest BCUT2D eigenvalue weighted by Crippen LogP contribution is 2.15. The number of nitrogens with two attached hydrogens (primary N) is 1. The third-order valence-corrected chi connectivity index (χ3v) is 3.33. The van der Waals surface area contributed by atoms with Crippen LogP contribution in [0.15, 0.2) is 0 Å². The molecule has 0 saturated heterocycles. The summed E-state index contributed by atoms with van der Waals surface area (Å²) in [5.74, 6) is -1.58. The zero-order valence-corrected chi connectivity index (χ0v) is 13.0. The smallest absolute Gasteiger partial charge is 0.330 e. The zero-order valence-electron chi connectivity index (χ0n) is 12.1. The zero-order chi connectivity index (χ0) is 15.9. The van der Waals surface area contributed by atoms with E-state index in [9.17, 15) is 14.4 Å². The first-order valence-corrected chi connectivity index (χ1v) is 7.13. The van der Waals surface area contributed by atoms with Crippen LogP contribution < -0.4 is 11.1 Å². The fraction of sp³-hybridized carbons (Fsp3) is 0.750. The Bertz CT molecular complexity index is 367. The monoisotopic (exact) mass is 306 g/mol. The van der Waals surface area contributed by atoms with Gasteiger partial charge in [0.2, 0.25) is 11.8 Å². The first kappa shape index (κ1) is 18.7. The summed E-state index contributed by atoms with van der Waals surface area (Å²) in [7, 11) is 0. The van der Waals surface area contributed by atoms with Crippen LogP contribution in [0.1, 0.15) is 27.7 Å². The number of aliphatic hydroxyl groups excluding tert-OH is 1. The van der Waals surface area contributed by atoms with Gasteiger partial charge in [-0.05, 0) is 20.8 Å². The Morgan fingerprint density at radius 2 is 1.90 bits per heavy atom. The SMILES string of the molecule is CC(=O)N[C@@H](CSC(CO)C(N)=O)C(=O)OC(C)(C)C. The van der Waals surface area contributed by atoms with Gasteiger partial charge in [0.05, 0.1) is 6.61 Å². The molecular weight excluding hydrogens is 284 g/mol. The van der Waals surface area contributed by atoms with Gasteiger partial charge >= 0.3 is 5.97 Å². The van der Waals surface area contributed by atoms with Crippen molar-refractivity contribution in [3.05, 3.63) is 0 Å². The van der Waals surface area contributed by atoms with Crippen LogP contribution in [0.4, 0.5) is 0 Å². The highest BCUT2D eigenvalue weighted by Gasteiger charge is 2.27. The molecule has 8 heteroatoms. The second-order valence-corrected chi connectivity index (χ2v) is 6.43. The normalized spacial score (nSPS) is 14.2. The van der Waals surface area contributed by atoms with Crippen LogP contribution in [0.2, 0.25) is 0 Å². The summed E-state index contributed by atoms with van der Waals surface area (Å²) >= 11 is 0.994. The molecule has 0 saturated carbocycles. The van der Waals surface area contributed by atoms with E-state index < -0.39 is 35.4 Å². The van der Waals surface area contributed by atoms with Crippen molar-refractivity contribution in [2.75, 3.05) is 12.4 Å². The molecule has 0 heterocycles. The minimum atomic E-state index is -0.898. The Morgan fingerprint density at radius 1 is 1.35 bits per heavy atom. The molecule has 0 bridgehead atoms. The molecule has 1 unspecified atom stereocenters. The van der Waals surface area contributed by atoms with Gasteiger partial charge in [0.1, 0.15) is 16.9 Å². The molecule has 0 aromatic carbocycles. The number of ether oxygens (including phenoxy) is 1. The van der Waals surface area contributed by atoms with E-state index in [2.05, 4.69) is 5.32 Å². The highest BCUT2D eigenvalue weighted by molar-refractivity contribution is 8.00. The van der Waals surface area contributed by atoms with Crippen LogP contribution >= 0.6 is 11.8 Å². The maximum Gasteiger partial charge on any atom is 0.330 e. The molecule has 0 radical (unpaired) electrons. The predicted molar refractivity (Wildman–Crippen MR) is 76.0 cm³/mol. The average Bonchev–Trinajstić information content (AvgIpc) is 2.24. The number of primary amides is 1. The third kappa shape index (κ3) is 8.00. The fourth-order valence-corrected chi connectivity index (χ4v) is 2.14. The lowest BCUT2D eigenvalue weighted by Crippen LogP contribution is -2.45. The number of rotatable bonds is 7. The Hall–Kier alpha value is -1.28. The summed E-state index contributed by atoms with van der Waals surface area (Å²) in [4.78, 5) is 34.0.